The highest BCUT2D eigenvalue weighted by Crippen LogP contribution is 2.38. The summed E-state index contributed by atoms with van der Waals surface area (Å²) < 4.78 is 0. The monoisotopic (exact) mass is 324 g/mol. The second-order valence-corrected chi connectivity index (χ2v) is 7.12. The maximum Gasteiger partial charge on any atom is 0.303 e. The van der Waals surface area contributed by atoms with Crippen LogP contribution >= 0.6 is 0 Å². The molecule has 0 aromatic heterocycles. The van der Waals surface area contributed by atoms with E-state index in [1.54, 1.807) is 0 Å². The molecule has 0 amide bonds. The van der Waals surface area contributed by atoms with E-state index in [-0.39, 0.29) is 12.5 Å². The van der Waals surface area contributed by atoms with Crippen molar-refractivity contribution in [1.29, 1.82) is 0 Å². The molecule has 2 N–H and O–H groups in total. The highest BCUT2D eigenvalue weighted by atomic mass is 16.4. The Labute approximate surface area is 142 Å². The molecule has 1 saturated carbocycles. The molecule has 0 aliphatic heterocycles. The van der Waals surface area contributed by atoms with Gasteiger partial charge in [0.2, 0.25) is 0 Å². The molecule has 1 aliphatic carbocycles. The van der Waals surface area contributed by atoms with Crippen LogP contribution < -0.4 is 0 Å². The van der Waals surface area contributed by atoms with Crippen LogP contribution in [0.25, 0.3) is 0 Å². The number of aliphatic carboxylic acids is 1. The van der Waals surface area contributed by atoms with E-state index in [9.17, 15) is 9.90 Å². The fourth-order valence-corrected chi connectivity index (χ4v) is 3.76. The number of aliphatic hydroxyl groups excluding tert-OH is 1. The van der Waals surface area contributed by atoms with Crippen molar-refractivity contribution in [2.75, 3.05) is 0 Å². The summed E-state index contributed by atoms with van der Waals surface area (Å²) in [5.74, 6) is 0.379. The molecule has 0 heterocycles. The van der Waals surface area contributed by atoms with E-state index < -0.39 is 5.97 Å². The Balaban J connectivity index is 2.17. The molecule has 1 rings (SSSR count). The minimum absolute atomic E-state index is 0.135. The fourth-order valence-electron chi connectivity index (χ4n) is 3.76. The van der Waals surface area contributed by atoms with Crippen LogP contribution in [0, 0.1) is 11.8 Å². The number of carbonyl (C=O) groups is 1. The van der Waals surface area contributed by atoms with Gasteiger partial charge in [-0.1, -0.05) is 64.0 Å². The van der Waals surface area contributed by atoms with Crippen molar-refractivity contribution < 1.29 is 15.0 Å². The summed E-state index contributed by atoms with van der Waals surface area (Å²) in [5.41, 5.74) is 0. The third-order valence-electron chi connectivity index (χ3n) is 5.20. The first kappa shape index (κ1) is 20.2. The summed E-state index contributed by atoms with van der Waals surface area (Å²) in [7, 11) is 0. The predicted octanol–water partition coefficient (Wildman–Crippen LogP) is 5.33. The number of allylic oxidation sites excluding steroid dienone is 2. The Hall–Kier alpha value is -0.830. The van der Waals surface area contributed by atoms with Gasteiger partial charge < -0.3 is 10.2 Å². The molecule has 0 aromatic carbocycles. The lowest BCUT2D eigenvalue weighted by molar-refractivity contribution is -0.137. The maximum absolute atomic E-state index is 10.5. The van der Waals surface area contributed by atoms with Crippen molar-refractivity contribution >= 4 is 5.97 Å². The van der Waals surface area contributed by atoms with Crippen molar-refractivity contribution in [2.45, 2.75) is 96.5 Å². The Kier molecular flexibility index (Phi) is 11.1. The van der Waals surface area contributed by atoms with Crippen LogP contribution in [0.15, 0.2) is 12.2 Å². The standard InChI is InChI=1S/C20H36O3/c1-2-3-4-5-6-9-12-17-15-16-19(21)18(17)13-10-7-8-11-14-20(22)23/h7,10,17-19,21H,2-6,8-9,11-16H2,1H3,(H,22,23)/b10-7-/t17-,18+,19-/m0/s1. The zero-order chi connectivity index (χ0) is 16.9. The quantitative estimate of drug-likeness (QED) is 0.356. The van der Waals surface area contributed by atoms with Crippen LogP contribution in [0.1, 0.15) is 90.4 Å². The van der Waals surface area contributed by atoms with E-state index in [1.165, 1.54) is 51.4 Å². The van der Waals surface area contributed by atoms with Crippen molar-refractivity contribution in [3.8, 4) is 0 Å². The molecule has 3 nitrogen and oxygen atoms in total. The summed E-state index contributed by atoms with van der Waals surface area (Å²) in [6.07, 6.45) is 18.3. The maximum atomic E-state index is 10.5. The SMILES string of the molecule is CCCCCCCC[C@H]1CC[C@H](O)[C@@H]1C/C=C\CCCC(=O)O. The topological polar surface area (TPSA) is 57.5 Å². The third kappa shape index (κ3) is 9.14. The van der Waals surface area contributed by atoms with Crippen LogP contribution in [0.4, 0.5) is 0 Å². The summed E-state index contributed by atoms with van der Waals surface area (Å²) >= 11 is 0. The van der Waals surface area contributed by atoms with E-state index in [4.69, 9.17) is 5.11 Å². The molecule has 0 saturated heterocycles. The second-order valence-electron chi connectivity index (χ2n) is 7.12. The zero-order valence-corrected chi connectivity index (χ0v) is 14.9. The zero-order valence-electron chi connectivity index (χ0n) is 14.9. The number of hydrogen-bond acceptors (Lipinski definition) is 2. The van der Waals surface area contributed by atoms with E-state index in [0.717, 1.165) is 19.3 Å². The van der Waals surface area contributed by atoms with Gasteiger partial charge in [0.1, 0.15) is 0 Å². The molecule has 0 radical (unpaired) electrons. The van der Waals surface area contributed by atoms with E-state index >= 15 is 0 Å². The van der Waals surface area contributed by atoms with Gasteiger partial charge in [0.05, 0.1) is 6.10 Å². The van der Waals surface area contributed by atoms with Gasteiger partial charge in [-0.25, -0.2) is 0 Å². The van der Waals surface area contributed by atoms with Gasteiger partial charge in [-0.2, -0.15) is 0 Å². The number of hydrogen-bond donors (Lipinski definition) is 2. The predicted molar refractivity (Wildman–Crippen MR) is 95.5 cm³/mol. The van der Waals surface area contributed by atoms with Gasteiger partial charge in [-0.15, -0.1) is 0 Å². The van der Waals surface area contributed by atoms with Crippen LogP contribution in [-0.4, -0.2) is 22.3 Å². The first-order valence-electron chi connectivity index (χ1n) is 9.70. The highest BCUT2D eigenvalue weighted by Gasteiger charge is 2.33. The highest BCUT2D eigenvalue weighted by molar-refractivity contribution is 5.66. The average Bonchev–Trinajstić information content (AvgIpc) is 2.86. The molecule has 23 heavy (non-hydrogen) atoms. The lowest BCUT2D eigenvalue weighted by Gasteiger charge is -2.20. The molecular formula is C20H36O3. The Morgan fingerprint density at radius 3 is 2.52 bits per heavy atom. The molecule has 1 aliphatic rings. The summed E-state index contributed by atoms with van der Waals surface area (Å²) in [5, 5.41) is 18.8. The molecular weight excluding hydrogens is 288 g/mol. The van der Waals surface area contributed by atoms with Gasteiger partial charge in [0, 0.05) is 6.42 Å². The normalized spacial score (nSPS) is 24.5. The molecule has 1 fully saturated rings. The minimum Gasteiger partial charge on any atom is -0.481 e. The van der Waals surface area contributed by atoms with E-state index in [0.29, 0.717) is 18.3 Å². The number of carboxylic acid groups (broad SMARTS) is 1. The van der Waals surface area contributed by atoms with Crippen LogP contribution in [0.3, 0.4) is 0 Å². The number of carboxylic acids is 1. The van der Waals surface area contributed by atoms with Crippen molar-refractivity contribution in [2.24, 2.45) is 11.8 Å². The fraction of sp³-hybridized carbons (Fsp3) is 0.850. The Bertz CT molecular complexity index is 338. The minimum atomic E-state index is -0.719. The van der Waals surface area contributed by atoms with Crippen molar-refractivity contribution in [3.05, 3.63) is 12.2 Å². The number of rotatable bonds is 13. The number of aliphatic hydroxyl groups is 1. The van der Waals surface area contributed by atoms with E-state index in [1.807, 2.05) is 0 Å². The Morgan fingerprint density at radius 2 is 1.78 bits per heavy atom. The lowest BCUT2D eigenvalue weighted by atomic mass is 9.87. The second kappa shape index (κ2) is 12.6. The molecule has 3 atom stereocenters. The smallest absolute Gasteiger partial charge is 0.303 e. The average molecular weight is 325 g/mol. The van der Waals surface area contributed by atoms with Crippen LogP contribution in [0.2, 0.25) is 0 Å². The largest absolute Gasteiger partial charge is 0.481 e. The van der Waals surface area contributed by atoms with Gasteiger partial charge in [0.15, 0.2) is 0 Å². The molecule has 134 valence electrons. The van der Waals surface area contributed by atoms with Gasteiger partial charge in [0.25, 0.3) is 0 Å². The Morgan fingerprint density at radius 1 is 1.04 bits per heavy atom. The lowest BCUT2D eigenvalue weighted by Crippen LogP contribution is -2.18. The third-order valence-corrected chi connectivity index (χ3v) is 5.20. The van der Waals surface area contributed by atoms with Crippen LogP contribution in [-0.2, 0) is 4.79 Å². The number of unbranched alkanes of at least 4 members (excludes halogenated alkanes) is 6. The van der Waals surface area contributed by atoms with Gasteiger partial charge in [-0.05, 0) is 43.9 Å². The van der Waals surface area contributed by atoms with Crippen molar-refractivity contribution in [1.82, 2.24) is 0 Å². The first-order valence-corrected chi connectivity index (χ1v) is 9.70. The molecule has 0 spiro atoms. The van der Waals surface area contributed by atoms with Gasteiger partial charge in [-0.3, -0.25) is 4.79 Å². The summed E-state index contributed by atoms with van der Waals surface area (Å²) in [6.45, 7) is 2.25. The first-order chi connectivity index (χ1) is 11.1. The molecule has 0 bridgehead atoms. The van der Waals surface area contributed by atoms with Crippen LogP contribution in [0.5, 0.6) is 0 Å². The molecule has 0 unspecified atom stereocenters. The van der Waals surface area contributed by atoms with Crippen molar-refractivity contribution in [3.63, 3.8) is 0 Å². The molecule has 0 aromatic rings. The summed E-state index contributed by atoms with van der Waals surface area (Å²) in [4.78, 5) is 10.5. The summed E-state index contributed by atoms with van der Waals surface area (Å²) in [6, 6.07) is 0. The van der Waals surface area contributed by atoms with Gasteiger partial charge >= 0.3 is 5.97 Å². The van der Waals surface area contributed by atoms with E-state index in [2.05, 4.69) is 19.1 Å². The molecule has 3 heteroatoms.